The van der Waals surface area contributed by atoms with Gasteiger partial charge in [0, 0.05) is 10.4 Å². The number of alkyl halides is 1. The molecule has 0 saturated carbocycles. The minimum atomic E-state index is -0.429. The highest BCUT2D eigenvalue weighted by molar-refractivity contribution is 9.10. The largest absolute Gasteiger partial charge is 0.494 e. The molecule has 0 amide bonds. The van der Waals surface area contributed by atoms with Gasteiger partial charge in [0.1, 0.15) is 5.75 Å². The monoisotopic (exact) mass is 259 g/mol. The van der Waals surface area contributed by atoms with Gasteiger partial charge in [0.2, 0.25) is 0 Å². The standard InChI is InChI=1S/C11H13BrFO/c1-3-14-11-5-9(8(2)7-13)4-10(12)6-11/h4-6H,3,7H2,1-2H3. The van der Waals surface area contributed by atoms with Crippen LogP contribution in [-0.4, -0.2) is 13.3 Å². The molecule has 0 spiro atoms. The van der Waals surface area contributed by atoms with Crippen LogP contribution < -0.4 is 4.74 Å². The average Bonchev–Trinajstić information content (AvgIpc) is 2.16. The van der Waals surface area contributed by atoms with E-state index < -0.39 is 6.67 Å². The molecule has 0 unspecified atom stereocenters. The Labute approximate surface area is 92.4 Å². The molecule has 0 N–H and O–H groups in total. The molecule has 1 rings (SSSR count). The summed E-state index contributed by atoms with van der Waals surface area (Å²) in [5, 5.41) is 0. The van der Waals surface area contributed by atoms with Crippen molar-refractivity contribution in [2.24, 2.45) is 0 Å². The molecule has 3 heteroatoms. The Bertz CT molecular complexity index is 301. The van der Waals surface area contributed by atoms with E-state index in [4.69, 9.17) is 4.74 Å². The van der Waals surface area contributed by atoms with Gasteiger partial charge in [0.15, 0.2) is 0 Å². The van der Waals surface area contributed by atoms with Crippen LogP contribution in [0.15, 0.2) is 22.7 Å². The van der Waals surface area contributed by atoms with Crippen molar-refractivity contribution in [3.63, 3.8) is 0 Å². The van der Waals surface area contributed by atoms with Crippen molar-refractivity contribution >= 4 is 15.9 Å². The van der Waals surface area contributed by atoms with E-state index in [0.29, 0.717) is 12.5 Å². The predicted octanol–water partition coefficient (Wildman–Crippen LogP) is 3.76. The maximum Gasteiger partial charge on any atom is 0.120 e. The van der Waals surface area contributed by atoms with Crippen molar-refractivity contribution in [1.29, 1.82) is 0 Å². The van der Waals surface area contributed by atoms with Crippen LogP contribution in [0.1, 0.15) is 19.4 Å². The van der Waals surface area contributed by atoms with Crippen LogP contribution in [0.3, 0.4) is 0 Å². The van der Waals surface area contributed by atoms with Crippen LogP contribution in [0.2, 0.25) is 0 Å². The molecule has 14 heavy (non-hydrogen) atoms. The van der Waals surface area contributed by atoms with Crippen molar-refractivity contribution < 1.29 is 9.13 Å². The van der Waals surface area contributed by atoms with Gasteiger partial charge in [-0.25, -0.2) is 0 Å². The molecule has 1 nitrogen and oxygen atoms in total. The SMILES string of the molecule is CCOc1cc(Br)cc([C](C)CF)c1. The molecule has 0 aliphatic heterocycles. The quantitative estimate of drug-likeness (QED) is 0.800. The lowest BCUT2D eigenvalue weighted by Crippen LogP contribution is -1.98. The van der Waals surface area contributed by atoms with Gasteiger partial charge in [-0.1, -0.05) is 22.9 Å². The summed E-state index contributed by atoms with van der Waals surface area (Å²) >= 11 is 3.36. The zero-order valence-electron chi connectivity index (χ0n) is 8.31. The zero-order valence-corrected chi connectivity index (χ0v) is 9.90. The highest BCUT2D eigenvalue weighted by atomic mass is 79.9. The highest BCUT2D eigenvalue weighted by Crippen LogP contribution is 2.26. The fourth-order valence-electron chi connectivity index (χ4n) is 1.14. The molecule has 77 valence electrons. The van der Waals surface area contributed by atoms with E-state index in [1.165, 1.54) is 0 Å². The van der Waals surface area contributed by atoms with Crippen LogP contribution in [0.25, 0.3) is 0 Å². The summed E-state index contributed by atoms with van der Waals surface area (Å²) in [6, 6.07) is 5.61. The number of halogens is 2. The van der Waals surface area contributed by atoms with Gasteiger partial charge >= 0.3 is 0 Å². The first-order valence-corrected chi connectivity index (χ1v) is 5.28. The van der Waals surface area contributed by atoms with Crippen molar-refractivity contribution in [3.05, 3.63) is 34.2 Å². The first-order chi connectivity index (χ1) is 6.67. The Morgan fingerprint density at radius 2 is 2.14 bits per heavy atom. The maximum atomic E-state index is 12.4. The van der Waals surface area contributed by atoms with E-state index in [0.717, 1.165) is 15.8 Å². The summed E-state index contributed by atoms with van der Waals surface area (Å²) in [4.78, 5) is 0. The molecule has 0 fully saturated rings. The molecule has 0 aliphatic rings. The molecule has 0 bridgehead atoms. The molecule has 0 heterocycles. The van der Waals surface area contributed by atoms with Gasteiger partial charge in [0.25, 0.3) is 0 Å². The van der Waals surface area contributed by atoms with E-state index in [-0.39, 0.29) is 0 Å². The van der Waals surface area contributed by atoms with Gasteiger partial charge in [0.05, 0.1) is 13.3 Å². The predicted molar refractivity (Wildman–Crippen MR) is 59.3 cm³/mol. The van der Waals surface area contributed by atoms with Crippen LogP contribution in [0.4, 0.5) is 4.39 Å². The summed E-state index contributed by atoms with van der Waals surface area (Å²) in [6.45, 7) is 3.89. The smallest absolute Gasteiger partial charge is 0.120 e. The minimum Gasteiger partial charge on any atom is -0.494 e. The van der Waals surface area contributed by atoms with Gasteiger partial charge in [-0.15, -0.1) is 0 Å². The fourth-order valence-corrected chi connectivity index (χ4v) is 1.61. The van der Waals surface area contributed by atoms with Crippen molar-refractivity contribution in [1.82, 2.24) is 0 Å². The molecule has 0 saturated heterocycles. The lowest BCUT2D eigenvalue weighted by Gasteiger charge is -2.10. The number of rotatable bonds is 4. The van der Waals surface area contributed by atoms with E-state index in [9.17, 15) is 4.39 Å². The number of benzene rings is 1. The molecule has 1 radical (unpaired) electrons. The molecular formula is C11H13BrFO. The normalized spacial score (nSPS) is 10.6. The third-order valence-electron chi connectivity index (χ3n) is 1.88. The maximum absolute atomic E-state index is 12.4. The van der Waals surface area contributed by atoms with E-state index in [1.807, 2.05) is 25.1 Å². The summed E-state index contributed by atoms with van der Waals surface area (Å²) < 4.78 is 18.7. The first kappa shape index (κ1) is 11.5. The lowest BCUT2D eigenvalue weighted by molar-refractivity contribution is 0.339. The Morgan fingerprint density at radius 3 is 2.71 bits per heavy atom. The molecule has 1 aromatic carbocycles. The Hall–Kier alpha value is -0.570. The summed E-state index contributed by atoms with van der Waals surface area (Å²) in [7, 11) is 0. The van der Waals surface area contributed by atoms with Crippen LogP contribution in [0.5, 0.6) is 5.75 Å². The molecular weight excluding hydrogens is 247 g/mol. The number of hydrogen-bond acceptors (Lipinski definition) is 1. The Morgan fingerprint density at radius 1 is 1.43 bits per heavy atom. The highest BCUT2D eigenvalue weighted by Gasteiger charge is 2.08. The van der Waals surface area contributed by atoms with Gasteiger partial charge < -0.3 is 4.74 Å². The van der Waals surface area contributed by atoms with Crippen molar-refractivity contribution in [2.45, 2.75) is 13.8 Å². The van der Waals surface area contributed by atoms with Crippen LogP contribution in [0, 0.1) is 5.92 Å². The zero-order chi connectivity index (χ0) is 10.6. The summed E-state index contributed by atoms with van der Waals surface area (Å²) in [5.74, 6) is 1.48. The van der Waals surface area contributed by atoms with Gasteiger partial charge in [-0.3, -0.25) is 4.39 Å². The molecule has 0 aliphatic carbocycles. The van der Waals surface area contributed by atoms with Crippen molar-refractivity contribution in [2.75, 3.05) is 13.3 Å². The van der Waals surface area contributed by atoms with Crippen LogP contribution >= 0.6 is 15.9 Å². The third-order valence-corrected chi connectivity index (χ3v) is 2.33. The molecule has 0 aromatic heterocycles. The van der Waals surface area contributed by atoms with Crippen LogP contribution in [-0.2, 0) is 0 Å². The third kappa shape index (κ3) is 2.98. The topological polar surface area (TPSA) is 9.23 Å². The molecule has 0 atom stereocenters. The average molecular weight is 260 g/mol. The van der Waals surface area contributed by atoms with E-state index >= 15 is 0 Å². The lowest BCUT2D eigenvalue weighted by atomic mass is 10.0. The Kier molecular flexibility index (Phi) is 4.39. The van der Waals surface area contributed by atoms with Gasteiger partial charge in [-0.05, 0) is 30.7 Å². The second kappa shape index (κ2) is 5.35. The van der Waals surface area contributed by atoms with Crippen molar-refractivity contribution in [3.8, 4) is 5.75 Å². The number of hydrogen-bond donors (Lipinski definition) is 0. The van der Waals surface area contributed by atoms with E-state index in [2.05, 4.69) is 15.9 Å². The second-order valence-corrected chi connectivity index (χ2v) is 3.94. The second-order valence-electron chi connectivity index (χ2n) is 3.02. The minimum absolute atomic E-state index is 0.429. The fraction of sp³-hybridized carbons (Fsp3) is 0.364. The Balaban J connectivity index is 2.94. The number of ether oxygens (including phenoxy) is 1. The summed E-state index contributed by atoms with van der Waals surface area (Å²) in [6.07, 6.45) is 0. The summed E-state index contributed by atoms with van der Waals surface area (Å²) in [5.41, 5.74) is 0.880. The van der Waals surface area contributed by atoms with Gasteiger partial charge in [-0.2, -0.15) is 0 Å². The molecule has 1 aromatic rings. The van der Waals surface area contributed by atoms with E-state index in [1.54, 1.807) is 6.92 Å². The first-order valence-electron chi connectivity index (χ1n) is 4.49.